The highest BCUT2D eigenvalue weighted by Gasteiger charge is 2.31. The van der Waals surface area contributed by atoms with Crippen LogP contribution in [-0.4, -0.2) is 41.5 Å². The van der Waals surface area contributed by atoms with E-state index in [0.29, 0.717) is 11.4 Å². The van der Waals surface area contributed by atoms with Crippen LogP contribution in [0.3, 0.4) is 0 Å². The molecule has 0 saturated heterocycles. The average Bonchev–Trinajstić information content (AvgIpc) is 2.74. The molecule has 0 bridgehead atoms. The number of ether oxygens (including phenoxy) is 2. The zero-order chi connectivity index (χ0) is 22.5. The lowest BCUT2D eigenvalue weighted by atomic mass is 10.2. The minimum Gasteiger partial charge on any atom is -0.479 e. The lowest BCUT2D eigenvalue weighted by molar-refractivity contribution is -0.383. The molecule has 2 unspecified atom stereocenters. The third-order valence-corrected chi connectivity index (χ3v) is 4.65. The van der Waals surface area contributed by atoms with Crippen LogP contribution in [0.2, 0.25) is 0 Å². The molecule has 2 atom stereocenters. The molecule has 1 heterocycles. The van der Waals surface area contributed by atoms with Crippen molar-refractivity contribution in [1.29, 1.82) is 0 Å². The molecule has 1 aliphatic rings. The Morgan fingerprint density at radius 3 is 2.65 bits per heavy atom. The number of nitro benzene ring substituents is 1. The van der Waals surface area contributed by atoms with Gasteiger partial charge in [-0.05, 0) is 32.0 Å². The van der Waals surface area contributed by atoms with E-state index in [9.17, 15) is 24.5 Å². The summed E-state index contributed by atoms with van der Waals surface area (Å²) in [5.41, 5.74) is 0.290. The van der Waals surface area contributed by atoms with Crippen LogP contribution in [0.15, 0.2) is 48.5 Å². The Morgan fingerprint density at radius 2 is 1.90 bits per heavy atom. The molecule has 1 N–H and O–H groups in total. The molecular formula is C21H21N3O7. The van der Waals surface area contributed by atoms with Gasteiger partial charge in [0.1, 0.15) is 11.4 Å². The molecule has 31 heavy (non-hydrogen) atoms. The second-order valence-corrected chi connectivity index (χ2v) is 6.86. The van der Waals surface area contributed by atoms with Gasteiger partial charge in [0, 0.05) is 12.6 Å². The highest BCUT2D eigenvalue weighted by atomic mass is 16.6. The van der Waals surface area contributed by atoms with Crippen molar-refractivity contribution in [2.24, 2.45) is 0 Å². The van der Waals surface area contributed by atoms with Crippen LogP contribution >= 0.6 is 0 Å². The van der Waals surface area contributed by atoms with Crippen molar-refractivity contribution in [3.05, 3.63) is 58.6 Å². The summed E-state index contributed by atoms with van der Waals surface area (Å²) in [5, 5.41) is 13.4. The van der Waals surface area contributed by atoms with Gasteiger partial charge >= 0.3 is 5.97 Å². The van der Waals surface area contributed by atoms with Crippen LogP contribution in [0, 0.1) is 10.1 Å². The van der Waals surface area contributed by atoms with E-state index < -0.39 is 29.0 Å². The molecule has 2 aromatic rings. The largest absolute Gasteiger partial charge is 0.479 e. The van der Waals surface area contributed by atoms with Crippen molar-refractivity contribution in [2.75, 3.05) is 16.8 Å². The summed E-state index contributed by atoms with van der Waals surface area (Å²) in [7, 11) is 0. The first-order valence-electron chi connectivity index (χ1n) is 9.58. The normalized spacial score (nSPS) is 16.0. The number of hydrogen-bond acceptors (Lipinski definition) is 7. The standard InChI is InChI=1S/C21H21N3O7/c1-13(20(26)22-15-7-3-4-8-16(15)24(28)29)31-19(25)11-12-23-17-9-5-6-10-18(17)30-14(2)21(23)27/h3-10,13-14H,11-12H2,1-2H3,(H,22,26). The summed E-state index contributed by atoms with van der Waals surface area (Å²) in [6.45, 7) is 3.04. The van der Waals surface area contributed by atoms with Crippen LogP contribution < -0.4 is 15.0 Å². The van der Waals surface area contributed by atoms with Gasteiger partial charge in [0.15, 0.2) is 12.2 Å². The summed E-state index contributed by atoms with van der Waals surface area (Å²) < 4.78 is 10.7. The number of benzene rings is 2. The number of amides is 2. The molecule has 0 aromatic heterocycles. The fourth-order valence-corrected chi connectivity index (χ4v) is 3.08. The van der Waals surface area contributed by atoms with Crippen LogP contribution in [-0.2, 0) is 19.1 Å². The van der Waals surface area contributed by atoms with Crippen molar-refractivity contribution in [1.82, 2.24) is 0 Å². The predicted octanol–water partition coefficient (Wildman–Crippen LogP) is 2.67. The van der Waals surface area contributed by atoms with Gasteiger partial charge in [-0.25, -0.2) is 0 Å². The summed E-state index contributed by atoms with van der Waals surface area (Å²) >= 11 is 0. The number of hydrogen-bond donors (Lipinski definition) is 1. The van der Waals surface area contributed by atoms with E-state index in [-0.39, 0.29) is 30.2 Å². The Kier molecular flexibility index (Phi) is 6.49. The topological polar surface area (TPSA) is 128 Å². The van der Waals surface area contributed by atoms with E-state index in [0.717, 1.165) is 0 Å². The summed E-state index contributed by atoms with van der Waals surface area (Å²) in [6.07, 6.45) is -2.01. The van der Waals surface area contributed by atoms with Crippen LogP contribution in [0.4, 0.5) is 17.1 Å². The molecule has 0 spiro atoms. The van der Waals surface area contributed by atoms with E-state index in [2.05, 4.69) is 5.32 Å². The third-order valence-electron chi connectivity index (χ3n) is 4.65. The molecule has 0 radical (unpaired) electrons. The zero-order valence-corrected chi connectivity index (χ0v) is 16.9. The molecule has 2 aromatic carbocycles. The SMILES string of the molecule is CC(OC(=O)CCN1C(=O)C(C)Oc2ccccc21)C(=O)Nc1ccccc1[N+](=O)[O-]. The molecule has 0 aliphatic carbocycles. The Balaban J connectivity index is 1.58. The minimum absolute atomic E-state index is 0.00454. The maximum Gasteiger partial charge on any atom is 0.308 e. The lowest BCUT2D eigenvalue weighted by Gasteiger charge is -2.32. The van der Waals surface area contributed by atoms with E-state index in [1.807, 2.05) is 0 Å². The monoisotopic (exact) mass is 427 g/mol. The van der Waals surface area contributed by atoms with Gasteiger partial charge in [-0.3, -0.25) is 24.5 Å². The predicted molar refractivity (Wildman–Crippen MR) is 111 cm³/mol. The molecule has 3 rings (SSSR count). The summed E-state index contributed by atoms with van der Waals surface area (Å²) in [5.74, 6) is -1.13. The number of nitrogens with zero attached hydrogens (tertiary/aromatic N) is 2. The first-order valence-corrected chi connectivity index (χ1v) is 9.58. The smallest absolute Gasteiger partial charge is 0.308 e. The molecule has 10 nitrogen and oxygen atoms in total. The number of carbonyl (C=O) groups is 3. The number of para-hydroxylation sites is 4. The van der Waals surface area contributed by atoms with Gasteiger partial charge in [0.2, 0.25) is 0 Å². The van der Waals surface area contributed by atoms with Crippen molar-refractivity contribution < 1.29 is 28.8 Å². The molecule has 0 fully saturated rings. The maximum atomic E-state index is 12.5. The van der Waals surface area contributed by atoms with Crippen LogP contribution in [0.25, 0.3) is 0 Å². The zero-order valence-electron chi connectivity index (χ0n) is 16.9. The Bertz CT molecular complexity index is 1020. The van der Waals surface area contributed by atoms with Crippen molar-refractivity contribution in [3.63, 3.8) is 0 Å². The molecule has 1 aliphatic heterocycles. The second kappa shape index (κ2) is 9.24. The first kappa shape index (κ1) is 21.8. The van der Waals surface area contributed by atoms with E-state index in [1.54, 1.807) is 31.2 Å². The minimum atomic E-state index is -1.18. The average molecular weight is 427 g/mol. The summed E-state index contributed by atoms with van der Waals surface area (Å²) in [6, 6.07) is 12.6. The Morgan fingerprint density at radius 1 is 1.23 bits per heavy atom. The van der Waals surface area contributed by atoms with Crippen LogP contribution in [0.5, 0.6) is 5.75 Å². The number of fused-ring (bicyclic) bond motifs is 1. The second-order valence-electron chi connectivity index (χ2n) is 6.86. The molecule has 162 valence electrons. The highest BCUT2D eigenvalue weighted by Crippen LogP contribution is 2.33. The number of nitro groups is 1. The number of carbonyl (C=O) groups excluding carboxylic acids is 3. The quantitative estimate of drug-likeness (QED) is 0.409. The number of esters is 1. The van der Waals surface area contributed by atoms with E-state index in [1.165, 1.54) is 36.1 Å². The van der Waals surface area contributed by atoms with Gasteiger partial charge in [-0.1, -0.05) is 24.3 Å². The number of nitrogens with one attached hydrogen (secondary N) is 1. The molecular weight excluding hydrogens is 406 g/mol. The molecule has 10 heteroatoms. The van der Waals surface area contributed by atoms with Gasteiger partial charge in [0.05, 0.1) is 17.0 Å². The van der Waals surface area contributed by atoms with Crippen molar-refractivity contribution >= 4 is 34.8 Å². The van der Waals surface area contributed by atoms with Crippen LogP contribution in [0.1, 0.15) is 20.3 Å². The lowest BCUT2D eigenvalue weighted by Crippen LogP contribution is -2.45. The van der Waals surface area contributed by atoms with Crippen molar-refractivity contribution in [3.8, 4) is 5.75 Å². The Labute approximate surface area is 177 Å². The maximum absolute atomic E-state index is 12.5. The number of rotatable bonds is 7. The Hall–Kier alpha value is -3.95. The van der Waals surface area contributed by atoms with Gasteiger partial charge < -0.3 is 19.7 Å². The van der Waals surface area contributed by atoms with Crippen molar-refractivity contribution in [2.45, 2.75) is 32.5 Å². The third kappa shape index (κ3) is 4.97. The van der Waals surface area contributed by atoms with Gasteiger partial charge in [-0.15, -0.1) is 0 Å². The first-order chi connectivity index (χ1) is 14.8. The van der Waals surface area contributed by atoms with Gasteiger partial charge in [0.25, 0.3) is 17.5 Å². The van der Waals surface area contributed by atoms with E-state index >= 15 is 0 Å². The highest BCUT2D eigenvalue weighted by molar-refractivity contribution is 6.00. The number of anilines is 2. The fourth-order valence-electron chi connectivity index (χ4n) is 3.08. The fraction of sp³-hybridized carbons (Fsp3) is 0.286. The molecule has 2 amide bonds. The molecule has 0 saturated carbocycles. The van der Waals surface area contributed by atoms with E-state index in [4.69, 9.17) is 9.47 Å². The van der Waals surface area contributed by atoms with Gasteiger partial charge in [-0.2, -0.15) is 0 Å². The summed E-state index contributed by atoms with van der Waals surface area (Å²) in [4.78, 5) is 48.9.